The van der Waals surface area contributed by atoms with Gasteiger partial charge in [0, 0.05) is 53.4 Å². The zero-order chi connectivity index (χ0) is 2.00. The van der Waals surface area contributed by atoms with Crippen LogP contribution in [0, 0.1) is 36.9 Å². The van der Waals surface area contributed by atoms with Gasteiger partial charge in [0.1, 0.15) is 0 Å². The van der Waals surface area contributed by atoms with Crippen molar-refractivity contribution in [3.05, 3.63) is 0 Å². The van der Waals surface area contributed by atoms with Crippen LogP contribution in [-0.4, -0.2) is 0 Å². The van der Waals surface area contributed by atoms with Crippen molar-refractivity contribution in [3.8, 4) is 0 Å². The molecule has 0 aromatic heterocycles. The molecule has 0 atom stereocenters. The van der Waals surface area contributed by atoms with E-state index >= 15 is 0 Å². The van der Waals surface area contributed by atoms with E-state index in [9.17, 15) is 0 Å². The molecule has 0 aliphatic heterocycles. The predicted octanol–water partition coefficient (Wildman–Crippen LogP) is -0.124. The molecule has 0 saturated carbocycles. The third kappa shape index (κ3) is 8.98. The molecule has 0 heterocycles. The zero-order valence-electron chi connectivity index (χ0n) is 1.30. The molecule has 0 aromatic carbocycles. The SMILES string of the molecule is [Lu].[Ni].[O]=[Ni]. The van der Waals surface area contributed by atoms with Crippen LogP contribution in [0.4, 0.5) is 0 Å². The van der Waals surface area contributed by atoms with E-state index in [2.05, 4.69) is 15.4 Å². The molecular weight excluding hydrogens is 308 g/mol. The van der Waals surface area contributed by atoms with E-state index in [1.165, 1.54) is 0 Å². The van der Waals surface area contributed by atoms with E-state index in [-0.39, 0.29) is 53.4 Å². The third-order valence-corrected chi connectivity index (χ3v) is 0. The van der Waals surface area contributed by atoms with Crippen LogP contribution in [0.2, 0.25) is 0 Å². The van der Waals surface area contributed by atoms with Crippen molar-refractivity contribution in [2.24, 2.45) is 0 Å². The van der Waals surface area contributed by atoms with Gasteiger partial charge in [-0.05, 0) is 0 Å². The summed E-state index contributed by atoms with van der Waals surface area (Å²) in [7, 11) is 0. The van der Waals surface area contributed by atoms with Crippen LogP contribution in [0.15, 0.2) is 0 Å². The molecule has 0 rings (SSSR count). The Hall–Kier alpha value is 2.02. The van der Waals surface area contributed by atoms with Gasteiger partial charge in [-0.1, -0.05) is 0 Å². The maximum absolute atomic E-state index is 7.88. The molecule has 4 heavy (non-hydrogen) atoms. The first-order valence-electron chi connectivity index (χ1n) is 0.129. The summed E-state index contributed by atoms with van der Waals surface area (Å²) < 4.78 is 7.88. The Morgan fingerprint density at radius 2 is 1.25 bits per heavy atom. The van der Waals surface area contributed by atoms with Crippen LogP contribution in [0.3, 0.4) is 0 Å². The van der Waals surface area contributed by atoms with Crippen molar-refractivity contribution in [1.29, 1.82) is 0 Å². The topological polar surface area (TPSA) is 17.1 Å². The Morgan fingerprint density at radius 3 is 1.25 bits per heavy atom. The Balaban J connectivity index is -0.00000000500. The third-order valence-electron chi connectivity index (χ3n) is 0. The van der Waals surface area contributed by atoms with Gasteiger partial charge in [-0.25, -0.2) is 0 Å². The molecule has 0 bridgehead atoms. The molecule has 4 heteroatoms. The van der Waals surface area contributed by atoms with Gasteiger partial charge in [-0.15, -0.1) is 0 Å². The Bertz CT molecular complexity index is 6.00. The first-order valence-corrected chi connectivity index (χ1v) is 0.532. The normalized spacial score (nSPS) is 1.50. The molecule has 0 amide bonds. The molecular formula is LuNi2O. The van der Waals surface area contributed by atoms with Crippen molar-refractivity contribution < 1.29 is 72.7 Å². The van der Waals surface area contributed by atoms with Gasteiger partial charge in [0.2, 0.25) is 0 Å². The molecule has 0 saturated heterocycles. The van der Waals surface area contributed by atoms with Gasteiger partial charge in [-0.2, -0.15) is 0 Å². The molecule has 0 spiro atoms. The van der Waals surface area contributed by atoms with Gasteiger partial charge in [0.15, 0.2) is 0 Å². The van der Waals surface area contributed by atoms with Crippen molar-refractivity contribution >= 4 is 0 Å². The second-order valence-electron chi connectivity index (χ2n) is 0. The zero-order valence-corrected chi connectivity index (χ0v) is 4.93. The molecule has 0 fully saturated rings. The molecule has 0 aliphatic carbocycles. The van der Waals surface area contributed by atoms with Gasteiger partial charge in [-0.3, -0.25) is 0 Å². The van der Waals surface area contributed by atoms with Crippen LogP contribution in [-0.2, 0) is 35.8 Å². The van der Waals surface area contributed by atoms with Crippen LogP contribution >= 0.6 is 0 Å². The van der Waals surface area contributed by atoms with Crippen molar-refractivity contribution in [3.63, 3.8) is 0 Å². The van der Waals surface area contributed by atoms with Crippen molar-refractivity contribution in [1.82, 2.24) is 0 Å². The first-order chi connectivity index (χ1) is 1.00. The van der Waals surface area contributed by atoms with Crippen LogP contribution in [0.25, 0.3) is 0 Å². The molecule has 0 N–H and O–H groups in total. The molecule has 0 aromatic rings. The summed E-state index contributed by atoms with van der Waals surface area (Å²) in [6.45, 7) is 0. The molecule has 0 aliphatic rings. The fourth-order valence-electron chi connectivity index (χ4n) is 0. The minimum atomic E-state index is 0. The quantitative estimate of drug-likeness (QED) is 0.570. The summed E-state index contributed by atoms with van der Waals surface area (Å²) >= 11 is 2.62. The maximum atomic E-state index is 7.88. The average molecular weight is 308 g/mol. The molecule has 1 radical (unpaired) electrons. The summed E-state index contributed by atoms with van der Waals surface area (Å²) in [4.78, 5) is 0. The van der Waals surface area contributed by atoms with Crippen molar-refractivity contribution in [2.75, 3.05) is 0 Å². The summed E-state index contributed by atoms with van der Waals surface area (Å²) in [5, 5.41) is 0. The van der Waals surface area contributed by atoms with Gasteiger partial charge in [0.25, 0.3) is 0 Å². The van der Waals surface area contributed by atoms with Gasteiger partial charge < -0.3 is 0 Å². The van der Waals surface area contributed by atoms with Crippen LogP contribution in [0.1, 0.15) is 0 Å². The van der Waals surface area contributed by atoms with E-state index in [1.807, 2.05) is 0 Å². The van der Waals surface area contributed by atoms with Gasteiger partial charge in [0.05, 0.1) is 0 Å². The Labute approximate surface area is 71.6 Å². The molecule has 1 nitrogen and oxygen atoms in total. The number of hydrogen-bond acceptors (Lipinski definition) is 1. The van der Waals surface area contributed by atoms with E-state index in [0.717, 1.165) is 0 Å². The second-order valence-corrected chi connectivity index (χ2v) is 0. The number of hydrogen-bond donors (Lipinski definition) is 0. The molecule has 0 unspecified atom stereocenters. The van der Waals surface area contributed by atoms with Crippen molar-refractivity contribution in [2.45, 2.75) is 0 Å². The summed E-state index contributed by atoms with van der Waals surface area (Å²) in [6.07, 6.45) is 0. The summed E-state index contributed by atoms with van der Waals surface area (Å²) in [6, 6.07) is 0. The van der Waals surface area contributed by atoms with E-state index < -0.39 is 0 Å². The van der Waals surface area contributed by atoms with E-state index in [4.69, 9.17) is 3.90 Å². The van der Waals surface area contributed by atoms with E-state index in [0.29, 0.717) is 0 Å². The average Bonchev–Trinajstić information content (AvgIpc) is 1.00. The minimum absolute atomic E-state index is 0. The van der Waals surface area contributed by atoms with E-state index in [1.54, 1.807) is 0 Å². The van der Waals surface area contributed by atoms with Crippen LogP contribution in [0.5, 0.6) is 0 Å². The Kier molecular flexibility index (Phi) is 82.7. The second kappa shape index (κ2) is 19.9. The monoisotopic (exact) mass is 307 g/mol. The van der Waals surface area contributed by atoms with Gasteiger partial charge >= 0.3 is 19.3 Å². The first kappa shape index (κ1) is 16.6. The molecule has 41 valence electrons. The van der Waals surface area contributed by atoms with Crippen LogP contribution < -0.4 is 0 Å². The fraction of sp³-hybridized carbons (Fsp3) is 0. The number of rotatable bonds is 0. The Morgan fingerprint density at radius 1 is 1.25 bits per heavy atom. The fourth-order valence-corrected chi connectivity index (χ4v) is 0. The standard InChI is InChI=1S/Lu.2Ni.O. The predicted molar refractivity (Wildman–Crippen MR) is 0.686 cm³/mol. The summed E-state index contributed by atoms with van der Waals surface area (Å²) in [5.41, 5.74) is 0. The summed E-state index contributed by atoms with van der Waals surface area (Å²) in [5.74, 6) is 0.